The maximum Gasteiger partial charge on any atom is 0.223 e. The third kappa shape index (κ3) is 4.68. The van der Waals surface area contributed by atoms with Gasteiger partial charge in [-0.1, -0.05) is 6.07 Å². The fraction of sp³-hybridized carbons (Fsp3) is 0.320. The molecule has 0 aliphatic heterocycles. The van der Waals surface area contributed by atoms with Gasteiger partial charge in [-0.2, -0.15) is 10.2 Å². The maximum atomic E-state index is 12.8. The number of hydrogen-bond donors (Lipinski definition) is 3. The van der Waals surface area contributed by atoms with Crippen LogP contribution in [0.1, 0.15) is 54.2 Å². The van der Waals surface area contributed by atoms with Gasteiger partial charge < -0.3 is 10.6 Å². The average molecular weight is 457 g/mol. The zero-order valence-corrected chi connectivity index (χ0v) is 19.5. The number of rotatable bonds is 7. The lowest BCUT2D eigenvalue weighted by molar-refractivity contribution is -0.128. The first kappa shape index (κ1) is 21.8. The van der Waals surface area contributed by atoms with Crippen molar-refractivity contribution in [3.05, 3.63) is 77.5 Å². The molecule has 9 heteroatoms. The standard InChI is InChI=1S/C25H28N8O/c1-15-9-21(29-22(10-15)30-23-11-16(2)31-32-23)19-12-20(13-19)25(34)28-17(3)18-5-6-24(26-14-18)33-8-4-7-27-33/h4-11,14,17,19-20H,12-13H2,1-3H3,(H,28,34)(H2,29,30,31,32)/t17-,19?,20?/m0/s1. The monoisotopic (exact) mass is 456 g/mol. The molecule has 34 heavy (non-hydrogen) atoms. The van der Waals surface area contributed by atoms with Gasteiger partial charge in [-0.05, 0) is 69.0 Å². The number of hydrogen-bond acceptors (Lipinski definition) is 6. The number of carbonyl (C=O) groups excluding carboxylic acids is 1. The van der Waals surface area contributed by atoms with Crippen LogP contribution in [0.2, 0.25) is 0 Å². The highest BCUT2D eigenvalue weighted by Crippen LogP contribution is 2.42. The van der Waals surface area contributed by atoms with E-state index in [9.17, 15) is 4.79 Å². The van der Waals surface area contributed by atoms with E-state index in [1.807, 2.05) is 50.4 Å². The number of amides is 1. The van der Waals surface area contributed by atoms with Crippen LogP contribution in [0.25, 0.3) is 5.82 Å². The molecule has 1 saturated carbocycles. The summed E-state index contributed by atoms with van der Waals surface area (Å²) < 4.78 is 1.71. The van der Waals surface area contributed by atoms with Crippen LogP contribution in [0, 0.1) is 19.8 Å². The Morgan fingerprint density at radius 3 is 2.71 bits per heavy atom. The Balaban J connectivity index is 1.17. The first-order valence-electron chi connectivity index (χ1n) is 11.5. The maximum absolute atomic E-state index is 12.8. The summed E-state index contributed by atoms with van der Waals surface area (Å²) in [5.41, 5.74) is 4.10. The van der Waals surface area contributed by atoms with Crippen molar-refractivity contribution >= 4 is 17.5 Å². The van der Waals surface area contributed by atoms with Crippen LogP contribution in [0.4, 0.5) is 11.6 Å². The van der Waals surface area contributed by atoms with Crippen LogP contribution >= 0.6 is 0 Å². The van der Waals surface area contributed by atoms with Gasteiger partial charge in [0.25, 0.3) is 0 Å². The molecule has 4 heterocycles. The van der Waals surface area contributed by atoms with Gasteiger partial charge in [0.2, 0.25) is 5.91 Å². The molecule has 0 saturated heterocycles. The SMILES string of the molecule is Cc1cc(Nc2cc(C)[nH]n2)nc(C2CC(C(=O)N[C@@H](C)c3ccc(-n4cccn4)nc3)C2)c1. The van der Waals surface area contributed by atoms with E-state index in [-0.39, 0.29) is 23.8 Å². The number of H-pyrrole nitrogens is 1. The molecule has 1 aliphatic carbocycles. The second kappa shape index (κ2) is 9.09. The zero-order chi connectivity index (χ0) is 23.7. The number of aryl methyl sites for hydroxylation is 2. The van der Waals surface area contributed by atoms with Gasteiger partial charge >= 0.3 is 0 Å². The number of anilines is 2. The Morgan fingerprint density at radius 1 is 1.18 bits per heavy atom. The van der Waals surface area contributed by atoms with Crippen LogP contribution in [0.3, 0.4) is 0 Å². The predicted octanol–water partition coefficient (Wildman–Crippen LogP) is 4.12. The number of pyridine rings is 2. The molecule has 1 fully saturated rings. The topological polar surface area (TPSA) is 113 Å². The van der Waals surface area contributed by atoms with Crippen molar-refractivity contribution in [3.8, 4) is 5.82 Å². The van der Waals surface area contributed by atoms with Crippen molar-refractivity contribution in [2.45, 2.75) is 45.6 Å². The lowest BCUT2D eigenvalue weighted by atomic mass is 9.72. The number of aromatic amines is 1. The van der Waals surface area contributed by atoms with E-state index in [2.05, 4.69) is 43.9 Å². The van der Waals surface area contributed by atoms with Gasteiger partial charge in [0.05, 0.1) is 6.04 Å². The Morgan fingerprint density at radius 2 is 2.03 bits per heavy atom. The molecular formula is C25H28N8O. The first-order valence-corrected chi connectivity index (χ1v) is 11.5. The lowest BCUT2D eigenvalue weighted by Crippen LogP contribution is -2.39. The Bertz CT molecular complexity index is 1270. The number of nitrogens with zero attached hydrogens (tertiary/aromatic N) is 5. The molecule has 1 aliphatic rings. The highest BCUT2D eigenvalue weighted by Gasteiger charge is 2.36. The van der Waals surface area contributed by atoms with Crippen molar-refractivity contribution in [1.29, 1.82) is 0 Å². The molecule has 0 radical (unpaired) electrons. The number of nitrogens with one attached hydrogen (secondary N) is 3. The summed E-state index contributed by atoms with van der Waals surface area (Å²) in [4.78, 5) is 22.1. The van der Waals surface area contributed by atoms with E-state index in [0.29, 0.717) is 0 Å². The van der Waals surface area contributed by atoms with E-state index in [1.54, 1.807) is 17.1 Å². The second-order valence-corrected chi connectivity index (χ2v) is 9.01. The lowest BCUT2D eigenvalue weighted by Gasteiger charge is -2.35. The third-order valence-corrected chi connectivity index (χ3v) is 6.25. The molecule has 9 nitrogen and oxygen atoms in total. The fourth-order valence-electron chi connectivity index (χ4n) is 4.26. The summed E-state index contributed by atoms with van der Waals surface area (Å²) >= 11 is 0. The summed E-state index contributed by atoms with van der Waals surface area (Å²) in [5, 5.41) is 17.7. The molecule has 3 N–H and O–H groups in total. The quantitative estimate of drug-likeness (QED) is 0.386. The van der Waals surface area contributed by atoms with Gasteiger partial charge in [-0.25, -0.2) is 14.6 Å². The Hall–Kier alpha value is -4.01. The van der Waals surface area contributed by atoms with E-state index in [0.717, 1.165) is 52.8 Å². The minimum Gasteiger partial charge on any atom is -0.349 e. The van der Waals surface area contributed by atoms with Gasteiger partial charge in [0.1, 0.15) is 5.82 Å². The minimum absolute atomic E-state index is 0.00327. The highest BCUT2D eigenvalue weighted by molar-refractivity contribution is 5.80. The first-order chi connectivity index (χ1) is 16.4. The average Bonchev–Trinajstić information content (AvgIpc) is 3.44. The number of carbonyl (C=O) groups is 1. The van der Waals surface area contributed by atoms with Crippen molar-refractivity contribution < 1.29 is 4.79 Å². The molecule has 174 valence electrons. The molecule has 1 atom stereocenters. The molecule has 4 aromatic heterocycles. The zero-order valence-electron chi connectivity index (χ0n) is 19.5. The van der Waals surface area contributed by atoms with Gasteiger partial charge in [-0.3, -0.25) is 9.89 Å². The molecular weight excluding hydrogens is 428 g/mol. The summed E-state index contributed by atoms with van der Waals surface area (Å²) in [7, 11) is 0. The molecule has 4 aromatic rings. The summed E-state index contributed by atoms with van der Waals surface area (Å²) in [6.07, 6.45) is 6.95. The molecule has 5 rings (SSSR count). The molecule has 0 spiro atoms. The molecule has 0 aromatic carbocycles. The largest absolute Gasteiger partial charge is 0.349 e. The second-order valence-electron chi connectivity index (χ2n) is 9.01. The van der Waals surface area contributed by atoms with Crippen molar-refractivity contribution in [3.63, 3.8) is 0 Å². The summed E-state index contributed by atoms with van der Waals surface area (Å²) in [6.45, 7) is 6.00. The van der Waals surface area contributed by atoms with Crippen LogP contribution in [-0.4, -0.2) is 35.9 Å². The van der Waals surface area contributed by atoms with Crippen LogP contribution in [0.5, 0.6) is 0 Å². The van der Waals surface area contributed by atoms with Crippen LogP contribution in [-0.2, 0) is 4.79 Å². The Labute approximate surface area is 198 Å². The van der Waals surface area contributed by atoms with E-state index >= 15 is 0 Å². The van der Waals surface area contributed by atoms with Gasteiger partial charge in [-0.15, -0.1) is 0 Å². The molecule has 0 unspecified atom stereocenters. The number of aromatic nitrogens is 6. The van der Waals surface area contributed by atoms with Crippen LogP contribution < -0.4 is 10.6 Å². The smallest absolute Gasteiger partial charge is 0.223 e. The Kier molecular flexibility index (Phi) is 5.83. The van der Waals surface area contributed by atoms with E-state index in [1.165, 1.54) is 0 Å². The summed E-state index contributed by atoms with van der Waals surface area (Å²) in [5.74, 6) is 2.62. The predicted molar refractivity (Wildman–Crippen MR) is 129 cm³/mol. The summed E-state index contributed by atoms with van der Waals surface area (Å²) in [6, 6.07) is 11.7. The van der Waals surface area contributed by atoms with Crippen molar-refractivity contribution in [2.24, 2.45) is 5.92 Å². The third-order valence-electron chi connectivity index (χ3n) is 6.25. The minimum atomic E-state index is -0.115. The van der Waals surface area contributed by atoms with Crippen molar-refractivity contribution in [2.75, 3.05) is 5.32 Å². The molecule has 0 bridgehead atoms. The highest BCUT2D eigenvalue weighted by atomic mass is 16.2. The van der Waals surface area contributed by atoms with Gasteiger partial charge in [0.15, 0.2) is 11.6 Å². The van der Waals surface area contributed by atoms with Crippen LogP contribution in [0.15, 0.2) is 55.0 Å². The van der Waals surface area contributed by atoms with Crippen molar-refractivity contribution in [1.82, 2.24) is 35.3 Å². The normalized spacial score (nSPS) is 18.2. The van der Waals surface area contributed by atoms with Gasteiger partial charge in [0, 0.05) is 47.9 Å². The molecule has 1 amide bonds. The van der Waals surface area contributed by atoms with E-state index in [4.69, 9.17) is 4.98 Å². The van der Waals surface area contributed by atoms with E-state index < -0.39 is 0 Å². The fourth-order valence-corrected chi connectivity index (χ4v) is 4.26.